The second-order valence-corrected chi connectivity index (χ2v) is 4.50. The third kappa shape index (κ3) is 2.49. The lowest BCUT2D eigenvalue weighted by Gasteiger charge is -2.30. The van der Waals surface area contributed by atoms with Gasteiger partial charge in [-0.15, -0.1) is 11.3 Å². The summed E-state index contributed by atoms with van der Waals surface area (Å²) in [6.45, 7) is 6.63. The lowest BCUT2D eigenvalue weighted by molar-refractivity contribution is 0.199. The van der Waals surface area contributed by atoms with Gasteiger partial charge >= 0.3 is 0 Å². The Bertz CT molecular complexity index is 247. The van der Waals surface area contributed by atoms with E-state index in [9.17, 15) is 0 Å². The minimum Gasteiger partial charge on any atom is -0.312 e. The molecule has 1 aliphatic heterocycles. The van der Waals surface area contributed by atoms with Crippen molar-refractivity contribution in [1.82, 2.24) is 15.2 Å². The van der Waals surface area contributed by atoms with E-state index in [1.807, 2.05) is 11.6 Å². The molecule has 72 valence electrons. The Kier molecular flexibility index (Phi) is 2.93. The Morgan fingerprint density at radius 2 is 2.69 bits per heavy atom. The summed E-state index contributed by atoms with van der Waals surface area (Å²) >= 11 is 1.74. The smallest absolute Gasteiger partial charge is 0.107 e. The molecular weight excluding hydrogens is 182 g/mol. The maximum absolute atomic E-state index is 4.29. The van der Waals surface area contributed by atoms with Crippen LogP contribution < -0.4 is 5.32 Å². The molecule has 0 aliphatic carbocycles. The van der Waals surface area contributed by atoms with E-state index < -0.39 is 0 Å². The van der Waals surface area contributed by atoms with Crippen LogP contribution in [-0.2, 0) is 6.54 Å². The largest absolute Gasteiger partial charge is 0.312 e. The van der Waals surface area contributed by atoms with E-state index in [1.165, 1.54) is 5.01 Å². The Morgan fingerprint density at radius 3 is 3.38 bits per heavy atom. The molecule has 0 aromatic carbocycles. The third-order valence-corrected chi connectivity index (χ3v) is 3.06. The summed E-state index contributed by atoms with van der Waals surface area (Å²) in [6.07, 6.45) is 1.88. The highest BCUT2D eigenvalue weighted by atomic mass is 32.1. The average molecular weight is 197 g/mol. The Balaban J connectivity index is 1.87. The van der Waals surface area contributed by atoms with Crippen molar-refractivity contribution in [2.75, 3.05) is 19.6 Å². The van der Waals surface area contributed by atoms with Crippen LogP contribution in [0.15, 0.2) is 11.6 Å². The molecule has 1 unspecified atom stereocenters. The highest BCUT2D eigenvalue weighted by Crippen LogP contribution is 2.09. The van der Waals surface area contributed by atoms with Crippen molar-refractivity contribution in [2.45, 2.75) is 19.5 Å². The van der Waals surface area contributed by atoms with Gasteiger partial charge in [-0.25, -0.2) is 4.98 Å². The SMILES string of the molecule is CC1CN(Cc2nccs2)CCN1. The molecule has 1 atom stereocenters. The van der Waals surface area contributed by atoms with Crippen molar-refractivity contribution in [3.63, 3.8) is 0 Å². The number of hydrogen-bond donors (Lipinski definition) is 1. The quantitative estimate of drug-likeness (QED) is 0.764. The first kappa shape index (κ1) is 9.12. The van der Waals surface area contributed by atoms with Gasteiger partial charge in [0.1, 0.15) is 5.01 Å². The van der Waals surface area contributed by atoms with Crippen LogP contribution >= 0.6 is 11.3 Å². The number of rotatable bonds is 2. The number of nitrogens with zero attached hydrogens (tertiary/aromatic N) is 2. The summed E-state index contributed by atoms with van der Waals surface area (Å²) in [5, 5.41) is 6.71. The van der Waals surface area contributed by atoms with Gasteiger partial charge in [0.05, 0.1) is 6.54 Å². The first-order valence-corrected chi connectivity index (χ1v) is 5.56. The second kappa shape index (κ2) is 4.17. The van der Waals surface area contributed by atoms with Crippen LogP contribution in [0.3, 0.4) is 0 Å². The molecule has 2 heterocycles. The molecular formula is C9H15N3S. The molecule has 0 saturated carbocycles. The molecule has 1 aromatic heterocycles. The Labute approximate surface area is 82.8 Å². The maximum atomic E-state index is 4.29. The molecule has 1 aromatic rings. The van der Waals surface area contributed by atoms with Crippen LogP contribution in [0.1, 0.15) is 11.9 Å². The van der Waals surface area contributed by atoms with Gasteiger partial charge in [0.2, 0.25) is 0 Å². The molecule has 1 N–H and O–H groups in total. The van der Waals surface area contributed by atoms with Gasteiger partial charge in [0.15, 0.2) is 0 Å². The fourth-order valence-electron chi connectivity index (χ4n) is 1.68. The van der Waals surface area contributed by atoms with E-state index in [0.717, 1.165) is 26.2 Å². The number of piperazine rings is 1. The molecule has 0 spiro atoms. The minimum absolute atomic E-state index is 0.619. The van der Waals surface area contributed by atoms with E-state index >= 15 is 0 Å². The maximum Gasteiger partial charge on any atom is 0.107 e. The minimum atomic E-state index is 0.619. The van der Waals surface area contributed by atoms with E-state index in [2.05, 4.69) is 22.1 Å². The predicted molar refractivity (Wildman–Crippen MR) is 54.9 cm³/mol. The standard InChI is InChI=1S/C9H15N3S/c1-8-6-12(4-2-10-8)7-9-11-3-5-13-9/h3,5,8,10H,2,4,6-7H2,1H3. The van der Waals surface area contributed by atoms with Crippen LogP contribution in [-0.4, -0.2) is 35.6 Å². The number of nitrogens with one attached hydrogen (secondary N) is 1. The number of aromatic nitrogens is 1. The van der Waals surface area contributed by atoms with Crippen molar-refractivity contribution >= 4 is 11.3 Å². The molecule has 1 aliphatic rings. The summed E-state index contributed by atoms with van der Waals surface area (Å²) in [6, 6.07) is 0.619. The summed E-state index contributed by atoms with van der Waals surface area (Å²) < 4.78 is 0. The zero-order valence-electron chi connectivity index (χ0n) is 7.86. The molecule has 0 radical (unpaired) electrons. The highest BCUT2D eigenvalue weighted by Gasteiger charge is 2.15. The van der Waals surface area contributed by atoms with Crippen molar-refractivity contribution in [2.24, 2.45) is 0 Å². The zero-order valence-corrected chi connectivity index (χ0v) is 8.68. The van der Waals surface area contributed by atoms with Gasteiger partial charge < -0.3 is 5.32 Å². The van der Waals surface area contributed by atoms with Crippen molar-refractivity contribution in [3.05, 3.63) is 16.6 Å². The fourth-order valence-corrected chi connectivity index (χ4v) is 2.34. The second-order valence-electron chi connectivity index (χ2n) is 3.52. The van der Waals surface area contributed by atoms with Gasteiger partial charge in [0, 0.05) is 37.3 Å². The molecule has 3 nitrogen and oxygen atoms in total. The van der Waals surface area contributed by atoms with E-state index in [0.29, 0.717) is 6.04 Å². The van der Waals surface area contributed by atoms with Crippen LogP contribution in [0.2, 0.25) is 0 Å². The van der Waals surface area contributed by atoms with Gasteiger partial charge in [0.25, 0.3) is 0 Å². The average Bonchev–Trinajstić information content (AvgIpc) is 2.57. The normalized spacial score (nSPS) is 24.8. The van der Waals surface area contributed by atoms with Crippen molar-refractivity contribution in [1.29, 1.82) is 0 Å². The van der Waals surface area contributed by atoms with E-state index in [4.69, 9.17) is 0 Å². The summed E-state index contributed by atoms with van der Waals surface area (Å²) in [5.41, 5.74) is 0. The Hall–Kier alpha value is -0.450. The van der Waals surface area contributed by atoms with Crippen molar-refractivity contribution < 1.29 is 0 Å². The van der Waals surface area contributed by atoms with E-state index in [-0.39, 0.29) is 0 Å². The lowest BCUT2D eigenvalue weighted by Crippen LogP contribution is -2.48. The monoisotopic (exact) mass is 197 g/mol. The van der Waals surface area contributed by atoms with Crippen LogP contribution in [0.4, 0.5) is 0 Å². The predicted octanol–water partition coefficient (Wildman–Crippen LogP) is 0.937. The third-order valence-electron chi connectivity index (χ3n) is 2.30. The molecule has 2 rings (SSSR count). The zero-order chi connectivity index (χ0) is 9.10. The van der Waals surface area contributed by atoms with E-state index in [1.54, 1.807) is 11.3 Å². The Morgan fingerprint density at radius 1 is 1.77 bits per heavy atom. The highest BCUT2D eigenvalue weighted by molar-refractivity contribution is 7.09. The van der Waals surface area contributed by atoms with Gasteiger partial charge in [-0.05, 0) is 6.92 Å². The summed E-state index contributed by atoms with van der Waals surface area (Å²) in [4.78, 5) is 6.75. The van der Waals surface area contributed by atoms with Crippen molar-refractivity contribution in [3.8, 4) is 0 Å². The molecule has 4 heteroatoms. The topological polar surface area (TPSA) is 28.2 Å². The number of thiazole rings is 1. The lowest BCUT2D eigenvalue weighted by atomic mass is 10.2. The fraction of sp³-hybridized carbons (Fsp3) is 0.667. The summed E-state index contributed by atoms with van der Waals surface area (Å²) in [7, 11) is 0. The van der Waals surface area contributed by atoms with Crippen LogP contribution in [0, 0.1) is 0 Å². The molecule has 1 fully saturated rings. The van der Waals surface area contributed by atoms with Gasteiger partial charge in [-0.3, -0.25) is 4.90 Å². The molecule has 13 heavy (non-hydrogen) atoms. The van der Waals surface area contributed by atoms with Gasteiger partial charge in [-0.2, -0.15) is 0 Å². The molecule has 0 bridgehead atoms. The van der Waals surface area contributed by atoms with Crippen LogP contribution in [0.25, 0.3) is 0 Å². The summed E-state index contributed by atoms with van der Waals surface area (Å²) in [5.74, 6) is 0. The first-order chi connectivity index (χ1) is 6.34. The number of hydrogen-bond acceptors (Lipinski definition) is 4. The van der Waals surface area contributed by atoms with Crippen LogP contribution in [0.5, 0.6) is 0 Å². The first-order valence-electron chi connectivity index (χ1n) is 4.69. The molecule has 1 saturated heterocycles. The van der Waals surface area contributed by atoms with Gasteiger partial charge in [-0.1, -0.05) is 0 Å². The molecule has 0 amide bonds.